The normalized spacial score (nSPS) is 12.3. The summed E-state index contributed by atoms with van der Waals surface area (Å²) in [5, 5.41) is 6.98. The molecule has 2 aromatic carbocycles. The highest BCUT2D eigenvalue weighted by molar-refractivity contribution is 6.04. The number of fused-ring (bicyclic) bond motifs is 3. The zero-order valence-corrected chi connectivity index (χ0v) is 15.1. The van der Waals surface area contributed by atoms with Crippen molar-refractivity contribution in [3.63, 3.8) is 0 Å². The summed E-state index contributed by atoms with van der Waals surface area (Å²) in [6.07, 6.45) is 1.54. The number of nitrogens with zero attached hydrogens (tertiary/aromatic N) is 1. The van der Waals surface area contributed by atoms with Gasteiger partial charge in [-0.3, -0.25) is 4.79 Å². The van der Waals surface area contributed by atoms with E-state index in [1.165, 1.54) is 5.56 Å². The minimum atomic E-state index is -0.241. The van der Waals surface area contributed by atoms with Gasteiger partial charge in [-0.25, -0.2) is 0 Å². The summed E-state index contributed by atoms with van der Waals surface area (Å²) < 4.78 is 10.8. The fourth-order valence-corrected chi connectivity index (χ4v) is 3.33. The number of anilines is 1. The first-order chi connectivity index (χ1) is 12.6. The number of ether oxygens (including phenoxy) is 1. The molecule has 0 atom stereocenters. The van der Waals surface area contributed by atoms with Gasteiger partial charge >= 0.3 is 0 Å². The number of rotatable bonds is 3. The second-order valence-electron chi connectivity index (χ2n) is 6.62. The largest absolute Gasteiger partial charge is 0.497 e. The standard InChI is InChI=1S/C21H20N2O3/c1-12-4-6-15(10-13(12)2)22-21(24)19-18-8-5-14-11-16(25-3)7-9-17(14)20(18)26-23-19/h4,6-7,9-11H,5,8H2,1-3H3,(H,22,24). The van der Waals surface area contributed by atoms with Crippen molar-refractivity contribution in [1.29, 1.82) is 0 Å². The van der Waals surface area contributed by atoms with Gasteiger partial charge in [0.15, 0.2) is 11.5 Å². The van der Waals surface area contributed by atoms with Crippen molar-refractivity contribution >= 4 is 11.6 Å². The monoisotopic (exact) mass is 348 g/mol. The van der Waals surface area contributed by atoms with E-state index in [4.69, 9.17) is 9.26 Å². The Labute approximate surface area is 152 Å². The van der Waals surface area contributed by atoms with Crippen LogP contribution in [0.25, 0.3) is 11.3 Å². The minimum Gasteiger partial charge on any atom is -0.497 e. The van der Waals surface area contributed by atoms with Gasteiger partial charge in [-0.05, 0) is 73.7 Å². The summed E-state index contributed by atoms with van der Waals surface area (Å²) >= 11 is 0. The Balaban J connectivity index is 1.64. The first-order valence-corrected chi connectivity index (χ1v) is 8.61. The van der Waals surface area contributed by atoms with E-state index in [1.54, 1.807) is 7.11 Å². The van der Waals surface area contributed by atoms with Gasteiger partial charge in [-0.15, -0.1) is 0 Å². The number of aromatic nitrogens is 1. The van der Waals surface area contributed by atoms with E-state index < -0.39 is 0 Å². The molecule has 1 heterocycles. The Morgan fingerprint density at radius 1 is 1.12 bits per heavy atom. The summed E-state index contributed by atoms with van der Waals surface area (Å²) in [6, 6.07) is 11.7. The Morgan fingerprint density at radius 2 is 1.96 bits per heavy atom. The molecular formula is C21H20N2O3. The van der Waals surface area contributed by atoms with Crippen LogP contribution in [0.15, 0.2) is 40.9 Å². The average Bonchev–Trinajstić information content (AvgIpc) is 3.08. The molecule has 132 valence electrons. The van der Waals surface area contributed by atoms with Crippen molar-refractivity contribution in [2.24, 2.45) is 0 Å². The third-order valence-corrected chi connectivity index (χ3v) is 4.97. The first kappa shape index (κ1) is 16.4. The average molecular weight is 348 g/mol. The van der Waals surface area contributed by atoms with E-state index >= 15 is 0 Å². The smallest absolute Gasteiger partial charge is 0.278 e. The lowest BCUT2D eigenvalue weighted by atomic mass is 9.89. The Bertz CT molecular complexity index is 1000. The van der Waals surface area contributed by atoms with Gasteiger partial charge in [-0.1, -0.05) is 11.2 Å². The molecule has 1 aromatic heterocycles. The number of amides is 1. The number of carbonyl (C=O) groups excluding carboxylic acids is 1. The van der Waals surface area contributed by atoms with Crippen molar-refractivity contribution in [2.45, 2.75) is 26.7 Å². The lowest BCUT2D eigenvalue weighted by Crippen LogP contribution is -2.16. The number of carbonyl (C=O) groups is 1. The van der Waals surface area contributed by atoms with Gasteiger partial charge in [0.05, 0.1) is 7.11 Å². The summed E-state index contributed by atoms with van der Waals surface area (Å²) in [4.78, 5) is 12.7. The van der Waals surface area contributed by atoms with Gasteiger partial charge in [0, 0.05) is 16.8 Å². The van der Waals surface area contributed by atoms with E-state index in [9.17, 15) is 4.79 Å². The Kier molecular flexibility index (Phi) is 3.99. The van der Waals surface area contributed by atoms with Crippen LogP contribution in [0.4, 0.5) is 5.69 Å². The molecule has 0 spiro atoms. The van der Waals surface area contributed by atoms with E-state index in [0.29, 0.717) is 17.9 Å². The highest BCUT2D eigenvalue weighted by Crippen LogP contribution is 2.37. The summed E-state index contributed by atoms with van der Waals surface area (Å²) in [5.41, 5.74) is 6.43. The molecule has 0 aliphatic heterocycles. The van der Waals surface area contributed by atoms with Crippen LogP contribution < -0.4 is 10.1 Å². The van der Waals surface area contributed by atoms with Crippen molar-refractivity contribution in [1.82, 2.24) is 5.16 Å². The molecule has 1 N–H and O–H groups in total. The molecule has 1 aliphatic rings. The molecule has 0 bridgehead atoms. The number of methoxy groups -OCH3 is 1. The minimum absolute atomic E-state index is 0.241. The Morgan fingerprint density at radius 3 is 2.73 bits per heavy atom. The topological polar surface area (TPSA) is 64.4 Å². The highest BCUT2D eigenvalue weighted by Gasteiger charge is 2.28. The summed E-state index contributed by atoms with van der Waals surface area (Å²) in [7, 11) is 1.65. The fraction of sp³-hybridized carbons (Fsp3) is 0.238. The van der Waals surface area contributed by atoms with Crippen molar-refractivity contribution < 1.29 is 14.1 Å². The molecule has 3 aromatic rings. The van der Waals surface area contributed by atoms with Crippen LogP contribution in [-0.4, -0.2) is 18.2 Å². The zero-order valence-electron chi connectivity index (χ0n) is 15.1. The number of hydrogen-bond donors (Lipinski definition) is 1. The van der Waals surface area contributed by atoms with Crippen LogP contribution in [0.1, 0.15) is 32.7 Å². The molecule has 4 rings (SSSR count). The van der Waals surface area contributed by atoms with E-state index in [0.717, 1.165) is 40.1 Å². The SMILES string of the molecule is COc1ccc2c(c1)CCc1c(C(=O)Nc3ccc(C)c(C)c3)noc1-2. The predicted molar refractivity (Wildman–Crippen MR) is 99.8 cm³/mol. The zero-order chi connectivity index (χ0) is 18.3. The van der Waals surface area contributed by atoms with Crippen LogP contribution >= 0.6 is 0 Å². The summed E-state index contributed by atoms with van der Waals surface area (Å²) in [6.45, 7) is 4.07. The Hall–Kier alpha value is -3.08. The van der Waals surface area contributed by atoms with Gasteiger partial charge in [-0.2, -0.15) is 0 Å². The van der Waals surface area contributed by atoms with Crippen molar-refractivity contribution in [2.75, 3.05) is 12.4 Å². The lowest BCUT2D eigenvalue weighted by molar-refractivity contribution is 0.101. The van der Waals surface area contributed by atoms with Crippen LogP contribution in [0.5, 0.6) is 5.75 Å². The van der Waals surface area contributed by atoms with Crippen molar-refractivity contribution in [3.05, 3.63) is 64.3 Å². The lowest BCUT2D eigenvalue weighted by Gasteiger charge is -2.15. The van der Waals surface area contributed by atoms with Gasteiger partial charge < -0.3 is 14.6 Å². The third kappa shape index (κ3) is 2.75. The van der Waals surface area contributed by atoms with Crippen LogP contribution in [0.3, 0.4) is 0 Å². The maximum Gasteiger partial charge on any atom is 0.278 e. The van der Waals surface area contributed by atoms with Gasteiger partial charge in [0.1, 0.15) is 5.75 Å². The second-order valence-corrected chi connectivity index (χ2v) is 6.62. The molecule has 5 heteroatoms. The van der Waals surface area contributed by atoms with Gasteiger partial charge in [0.2, 0.25) is 0 Å². The third-order valence-electron chi connectivity index (χ3n) is 4.97. The van der Waals surface area contributed by atoms with Crippen molar-refractivity contribution in [3.8, 4) is 17.1 Å². The number of benzene rings is 2. The van der Waals surface area contributed by atoms with E-state index in [1.807, 2.05) is 50.2 Å². The molecule has 1 amide bonds. The summed E-state index contributed by atoms with van der Waals surface area (Å²) in [5.74, 6) is 1.26. The first-order valence-electron chi connectivity index (χ1n) is 8.61. The van der Waals surface area contributed by atoms with Crippen LogP contribution in [0.2, 0.25) is 0 Å². The second kappa shape index (κ2) is 6.33. The maximum atomic E-state index is 12.7. The highest BCUT2D eigenvalue weighted by atomic mass is 16.5. The van der Waals surface area contributed by atoms with E-state index in [-0.39, 0.29) is 5.91 Å². The van der Waals surface area contributed by atoms with Crippen LogP contribution in [-0.2, 0) is 12.8 Å². The molecular weight excluding hydrogens is 328 g/mol. The molecule has 0 radical (unpaired) electrons. The molecule has 0 unspecified atom stereocenters. The molecule has 26 heavy (non-hydrogen) atoms. The molecule has 0 saturated carbocycles. The number of aryl methyl sites for hydroxylation is 3. The number of hydrogen-bond acceptors (Lipinski definition) is 4. The van der Waals surface area contributed by atoms with Crippen LogP contribution in [0, 0.1) is 13.8 Å². The maximum absolute atomic E-state index is 12.7. The predicted octanol–water partition coefficient (Wildman–Crippen LogP) is 4.32. The molecule has 5 nitrogen and oxygen atoms in total. The molecule has 1 aliphatic carbocycles. The molecule has 0 saturated heterocycles. The van der Waals surface area contributed by atoms with E-state index in [2.05, 4.69) is 10.5 Å². The van der Waals surface area contributed by atoms with Gasteiger partial charge in [0.25, 0.3) is 5.91 Å². The quantitative estimate of drug-likeness (QED) is 0.766. The fourth-order valence-electron chi connectivity index (χ4n) is 3.33. The molecule has 0 fully saturated rings. The number of nitrogens with one attached hydrogen (secondary N) is 1.